The molecule has 2 aromatic rings. The first-order valence-electron chi connectivity index (χ1n) is 6.68. The quantitative estimate of drug-likeness (QED) is 0.886. The predicted octanol–water partition coefficient (Wildman–Crippen LogP) is 3.51. The average molecular weight is 291 g/mol. The molecule has 0 amide bonds. The molecule has 1 aromatic heterocycles. The van der Waals surface area contributed by atoms with Crippen molar-refractivity contribution in [2.45, 2.75) is 32.0 Å². The maximum Gasteiger partial charge on any atom is 0.0940 e. The number of aromatic nitrogens is 1. The van der Waals surface area contributed by atoms with Gasteiger partial charge >= 0.3 is 0 Å². The summed E-state index contributed by atoms with van der Waals surface area (Å²) in [6, 6.07) is 13.1. The first-order chi connectivity index (χ1) is 9.58. The van der Waals surface area contributed by atoms with E-state index in [1.807, 2.05) is 44.2 Å². The number of nitrogens with zero attached hydrogens (tertiary/aromatic N) is 1. The molecule has 3 atom stereocenters. The number of nitrogens with one attached hydrogen (secondary N) is 1. The van der Waals surface area contributed by atoms with Crippen molar-refractivity contribution in [1.29, 1.82) is 0 Å². The Bertz CT molecular complexity index is 530. The van der Waals surface area contributed by atoms with Crippen molar-refractivity contribution in [3.8, 4) is 0 Å². The van der Waals surface area contributed by atoms with Gasteiger partial charge < -0.3 is 10.4 Å². The SMILES string of the molecule is CC(NC(C)C(O)c1ccc(Cl)cc1)c1ccccn1. The lowest BCUT2D eigenvalue weighted by atomic mass is 10.0. The lowest BCUT2D eigenvalue weighted by molar-refractivity contribution is 0.130. The van der Waals surface area contributed by atoms with Gasteiger partial charge in [0.15, 0.2) is 0 Å². The summed E-state index contributed by atoms with van der Waals surface area (Å²) in [4.78, 5) is 4.31. The van der Waals surface area contributed by atoms with E-state index in [4.69, 9.17) is 11.6 Å². The second-order valence-corrected chi connectivity index (χ2v) is 5.36. The normalized spacial score (nSPS) is 15.6. The Kier molecular flexibility index (Phi) is 5.12. The van der Waals surface area contributed by atoms with Crippen LogP contribution in [0.4, 0.5) is 0 Å². The summed E-state index contributed by atoms with van der Waals surface area (Å²) < 4.78 is 0. The lowest BCUT2D eigenvalue weighted by Gasteiger charge is -2.24. The van der Waals surface area contributed by atoms with E-state index in [1.165, 1.54) is 0 Å². The van der Waals surface area contributed by atoms with Crippen LogP contribution in [0.3, 0.4) is 0 Å². The van der Waals surface area contributed by atoms with Crippen LogP contribution >= 0.6 is 11.6 Å². The fourth-order valence-electron chi connectivity index (χ4n) is 2.15. The van der Waals surface area contributed by atoms with Gasteiger partial charge in [0.05, 0.1) is 11.8 Å². The zero-order valence-electron chi connectivity index (χ0n) is 11.6. The van der Waals surface area contributed by atoms with Gasteiger partial charge in [0.2, 0.25) is 0 Å². The van der Waals surface area contributed by atoms with Gasteiger partial charge in [-0.15, -0.1) is 0 Å². The maximum absolute atomic E-state index is 10.3. The summed E-state index contributed by atoms with van der Waals surface area (Å²) >= 11 is 5.85. The van der Waals surface area contributed by atoms with Crippen LogP contribution in [0.15, 0.2) is 48.7 Å². The molecular weight excluding hydrogens is 272 g/mol. The van der Waals surface area contributed by atoms with Crippen LogP contribution in [0, 0.1) is 0 Å². The summed E-state index contributed by atoms with van der Waals surface area (Å²) in [5.74, 6) is 0. The van der Waals surface area contributed by atoms with E-state index in [0.29, 0.717) is 5.02 Å². The van der Waals surface area contributed by atoms with Crippen molar-refractivity contribution in [3.05, 3.63) is 64.9 Å². The predicted molar refractivity (Wildman–Crippen MR) is 81.7 cm³/mol. The Morgan fingerprint density at radius 3 is 2.40 bits per heavy atom. The number of benzene rings is 1. The van der Waals surface area contributed by atoms with Crippen molar-refractivity contribution in [1.82, 2.24) is 10.3 Å². The van der Waals surface area contributed by atoms with Gasteiger partial charge in [0.1, 0.15) is 0 Å². The minimum Gasteiger partial charge on any atom is -0.387 e. The van der Waals surface area contributed by atoms with Crippen molar-refractivity contribution < 1.29 is 5.11 Å². The molecule has 0 bridgehead atoms. The van der Waals surface area contributed by atoms with Crippen molar-refractivity contribution in [3.63, 3.8) is 0 Å². The average Bonchev–Trinajstić information content (AvgIpc) is 2.48. The molecule has 20 heavy (non-hydrogen) atoms. The molecule has 3 nitrogen and oxygen atoms in total. The Hall–Kier alpha value is -1.42. The topological polar surface area (TPSA) is 45.1 Å². The smallest absolute Gasteiger partial charge is 0.0940 e. The first-order valence-corrected chi connectivity index (χ1v) is 7.06. The molecular formula is C16H19ClN2O. The monoisotopic (exact) mass is 290 g/mol. The molecule has 1 aromatic carbocycles. The highest BCUT2D eigenvalue weighted by atomic mass is 35.5. The summed E-state index contributed by atoms with van der Waals surface area (Å²) in [7, 11) is 0. The van der Waals surface area contributed by atoms with E-state index in [2.05, 4.69) is 10.3 Å². The second kappa shape index (κ2) is 6.84. The van der Waals surface area contributed by atoms with Crippen LogP contribution in [-0.2, 0) is 0 Å². The van der Waals surface area contributed by atoms with Gasteiger partial charge in [0.25, 0.3) is 0 Å². The number of aliphatic hydroxyl groups is 1. The van der Waals surface area contributed by atoms with E-state index < -0.39 is 6.10 Å². The standard InChI is InChI=1S/C16H19ClN2O/c1-11(15-5-3-4-10-18-15)19-12(2)16(20)13-6-8-14(17)9-7-13/h3-12,16,19-20H,1-2H3. The molecule has 106 valence electrons. The van der Waals surface area contributed by atoms with Crippen LogP contribution in [0.5, 0.6) is 0 Å². The van der Waals surface area contributed by atoms with Crippen molar-refractivity contribution >= 4 is 11.6 Å². The number of rotatable bonds is 5. The minimum atomic E-state index is -0.585. The Morgan fingerprint density at radius 2 is 1.80 bits per heavy atom. The molecule has 0 saturated carbocycles. The highest BCUT2D eigenvalue weighted by Crippen LogP contribution is 2.21. The summed E-state index contributed by atoms with van der Waals surface area (Å²) in [5.41, 5.74) is 1.81. The molecule has 4 heteroatoms. The van der Waals surface area contributed by atoms with Crippen LogP contribution in [0.2, 0.25) is 5.02 Å². The van der Waals surface area contributed by atoms with E-state index in [9.17, 15) is 5.11 Å². The Labute approximate surface area is 124 Å². The molecule has 0 radical (unpaired) electrons. The Morgan fingerprint density at radius 1 is 1.10 bits per heavy atom. The fourth-order valence-corrected chi connectivity index (χ4v) is 2.28. The van der Waals surface area contributed by atoms with Crippen LogP contribution in [0.1, 0.15) is 37.3 Å². The summed E-state index contributed by atoms with van der Waals surface area (Å²) in [6.45, 7) is 3.99. The van der Waals surface area contributed by atoms with Gasteiger partial charge in [-0.3, -0.25) is 4.98 Å². The third kappa shape index (κ3) is 3.79. The molecule has 2 N–H and O–H groups in total. The second-order valence-electron chi connectivity index (χ2n) is 4.93. The minimum absolute atomic E-state index is 0.0770. The molecule has 3 unspecified atom stereocenters. The highest BCUT2D eigenvalue weighted by molar-refractivity contribution is 6.30. The zero-order valence-corrected chi connectivity index (χ0v) is 12.4. The van der Waals surface area contributed by atoms with E-state index in [-0.39, 0.29) is 12.1 Å². The number of halogens is 1. The zero-order chi connectivity index (χ0) is 14.5. The van der Waals surface area contributed by atoms with Crippen LogP contribution < -0.4 is 5.32 Å². The first kappa shape index (κ1) is 15.0. The molecule has 0 spiro atoms. The molecule has 0 fully saturated rings. The molecule has 2 rings (SSSR count). The van der Waals surface area contributed by atoms with Gasteiger partial charge in [-0.05, 0) is 43.7 Å². The number of aliphatic hydroxyl groups excluding tert-OH is 1. The van der Waals surface area contributed by atoms with Crippen LogP contribution in [-0.4, -0.2) is 16.1 Å². The lowest BCUT2D eigenvalue weighted by Crippen LogP contribution is -2.34. The molecule has 0 aliphatic carbocycles. The number of hydrogen-bond acceptors (Lipinski definition) is 3. The third-order valence-electron chi connectivity index (χ3n) is 3.33. The van der Waals surface area contributed by atoms with E-state index in [1.54, 1.807) is 18.3 Å². The maximum atomic E-state index is 10.3. The molecule has 0 aliphatic heterocycles. The van der Waals surface area contributed by atoms with Gasteiger partial charge in [0, 0.05) is 23.3 Å². The van der Waals surface area contributed by atoms with Gasteiger partial charge in [-0.2, -0.15) is 0 Å². The third-order valence-corrected chi connectivity index (χ3v) is 3.58. The van der Waals surface area contributed by atoms with E-state index >= 15 is 0 Å². The van der Waals surface area contributed by atoms with Crippen molar-refractivity contribution in [2.75, 3.05) is 0 Å². The molecule has 0 aliphatic rings. The summed E-state index contributed by atoms with van der Waals surface area (Å²) in [6.07, 6.45) is 1.19. The molecule has 1 heterocycles. The van der Waals surface area contributed by atoms with Gasteiger partial charge in [-0.1, -0.05) is 29.8 Å². The number of pyridine rings is 1. The Balaban J connectivity index is 2.00. The summed E-state index contributed by atoms with van der Waals surface area (Å²) in [5, 5.41) is 14.4. The fraction of sp³-hybridized carbons (Fsp3) is 0.312. The largest absolute Gasteiger partial charge is 0.387 e. The van der Waals surface area contributed by atoms with E-state index in [0.717, 1.165) is 11.3 Å². The number of hydrogen-bond donors (Lipinski definition) is 2. The highest BCUT2D eigenvalue weighted by Gasteiger charge is 2.19. The molecule has 0 saturated heterocycles. The van der Waals surface area contributed by atoms with Crippen molar-refractivity contribution in [2.24, 2.45) is 0 Å². The van der Waals surface area contributed by atoms with Gasteiger partial charge in [-0.25, -0.2) is 0 Å². The van der Waals surface area contributed by atoms with Crippen LogP contribution in [0.25, 0.3) is 0 Å².